The van der Waals surface area contributed by atoms with E-state index in [0.717, 1.165) is 5.00 Å². The second kappa shape index (κ2) is 7.47. The minimum Gasteiger partial charge on any atom is -0.397 e. The summed E-state index contributed by atoms with van der Waals surface area (Å²) < 4.78 is 10.3. The normalized spacial score (nSPS) is 12.7. The number of hydrogen-bond acceptors (Lipinski definition) is 6. The van der Waals surface area contributed by atoms with Crippen LogP contribution < -0.4 is 11.1 Å². The third-order valence-corrected chi connectivity index (χ3v) is 3.82. The fourth-order valence-electron chi connectivity index (χ4n) is 1.56. The second-order valence-electron chi connectivity index (χ2n) is 4.61. The Balaban J connectivity index is 2.66. The van der Waals surface area contributed by atoms with Crippen molar-refractivity contribution in [3.05, 3.63) is 10.9 Å². The summed E-state index contributed by atoms with van der Waals surface area (Å²) in [6, 6.07) is 1.79. The van der Waals surface area contributed by atoms with E-state index in [1.54, 1.807) is 20.3 Å². The molecule has 3 N–H and O–H groups in total. The van der Waals surface area contributed by atoms with Crippen molar-refractivity contribution < 1.29 is 14.3 Å². The second-order valence-corrected chi connectivity index (χ2v) is 5.66. The zero-order chi connectivity index (χ0) is 14.4. The van der Waals surface area contributed by atoms with Crippen LogP contribution in [0.1, 0.15) is 23.5 Å². The number of hydrogen-bond donors (Lipinski definition) is 2. The first-order chi connectivity index (χ1) is 8.99. The fourth-order valence-corrected chi connectivity index (χ4v) is 2.63. The molecule has 0 saturated heterocycles. The van der Waals surface area contributed by atoms with Crippen LogP contribution in [0.5, 0.6) is 0 Å². The first-order valence-electron chi connectivity index (χ1n) is 6.18. The number of nitrogen functional groups attached to an aromatic ring is 1. The van der Waals surface area contributed by atoms with Crippen LogP contribution in [0, 0.1) is 5.92 Å². The lowest BCUT2D eigenvalue weighted by Crippen LogP contribution is -2.26. The molecule has 6 heteroatoms. The zero-order valence-corrected chi connectivity index (χ0v) is 12.7. The summed E-state index contributed by atoms with van der Waals surface area (Å²) in [4.78, 5) is 12.6. The van der Waals surface area contributed by atoms with Gasteiger partial charge >= 0.3 is 0 Å². The average molecular weight is 286 g/mol. The van der Waals surface area contributed by atoms with E-state index >= 15 is 0 Å². The molecule has 0 amide bonds. The van der Waals surface area contributed by atoms with Gasteiger partial charge in [0.25, 0.3) is 0 Å². The van der Waals surface area contributed by atoms with Crippen LogP contribution in [0.15, 0.2) is 6.07 Å². The molecule has 1 aromatic heterocycles. The van der Waals surface area contributed by atoms with E-state index in [1.165, 1.54) is 11.3 Å². The summed E-state index contributed by atoms with van der Waals surface area (Å²) in [7, 11) is 3.27. The van der Waals surface area contributed by atoms with Gasteiger partial charge < -0.3 is 20.5 Å². The number of nitrogens with one attached hydrogen (secondary N) is 1. The molecule has 1 atom stereocenters. The molecule has 0 aromatic carbocycles. The Bertz CT molecular complexity index is 418. The van der Waals surface area contributed by atoms with E-state index < -0.39 is 0 Å². The first kappa shape index (κ1) is 15.9. The molecule has 1 unspecified atom stereocenters. The van der Waals surface area contributed by atoms with E-state index in [1.807, 2.05) is 13.8 Å². The summed E-state index contributed by atoms with van der Waals surface area (Å²) in [5.74, 6) is 0.0322. The fraction of sp³-hybridized carbons (Fsp3) is 0.615. The predicted molar refractivity (Wildman–Crippen MR) is 79.1 cm³/mol. The van der Waals surface area contributed by atoms with Gasteiger partial charge in [-0.2, -0.15) is 0 Å². The van der Waals surface area contributed by atoms with Gasteiger partial charge in [0.15, 0.2) is 5.78 Å². The number of Topliss-reactive ketones (excluding diaryl/α,β-unsaturated/α-hetero) is 1. The van der Waals surface area contributed by atoms with E-state index in [2.05, 4.69) is 5.32 Å². The Labute approximate surface area is 118 Å². The van der Waals surface area contributed by atoms with Crippen molar-refractivity contribution >= 4 is 27.8 Å². The van der Waals surface area contributed by atoms with E-state index in [0.29, 0.717) is 23.7 Å². The quantitative estimate of drug-likeness (QED) is 0.717. The van der Waals surface area contributed by atoms with Crippen LogP contribution in [0.4, 0.5) is 10.7 Å². The van der Waals surface area contributed by atoms with Crippen LogP contribution >= 0.6 is 11.3 Å². The number of ketones is 1. The number of nitrogens with two attached hydrogens (primary N) is 1. The van der Waals surface area contributed by atoms with E-state index in [9.17, 15) is 4.79 Å². The Kier molecular flexibility index (Phi) is 6.27. The molecule has 19 heavy (non-hydrogen) atoms. The highest BCUT2D eigenvalue weighted by atomic mass is 32.1. The van der Waals surface area contributed by atoms with Crippen LogP contribution in [0.3, 0.4) is 0 Å². The average Bonchev–Trinajstić information content (AvgIpc) is 2.74. The lowest BCUT2D eigenvalue weighted by atomic mass is 10.1. The van der Waals surface area contributed by atoms with Gasteiger partial charge in [-0.05, 0) is 6.07 Å². The van der Waals surface area contributed by atoms with E-state index in [-0.39, 0.29) is 17.8 Å². The molecule has 0 radical (unpaired) electrons. The molecule has 0 aliphatic heterocycles. The van der Waals surface area contributed by atoms with Gasteiger partial charge in [-0.1, -0.05) is 13.8 Å². The van der Waals surface area contributed by atoms with Gasteiger partial charge in [0.05, 0.1) is 28.3 Å². The van der Waals surface area contributed by atoms with Crippen LogP contribution in [0.2, 0.25) is 0 Å². The highest BCUT2D eigenvalue weighted by Crippen LogP contribution is 2.31. The van der Waals surface area contributed by atoms with Crippen molar-refractivity contribution in [3.8, 4) is 0 Å². The highest BCUT2D eigenvalue weighted by molar-refractivity contribution is 7.18. The number of anilines is 2. The third-order valence-electron chi connectivity index (χ3n) is 2.70. The number of rotatable bonds is 8. The van der Waals surface area contributed by atoms with Gasteiger partial charge in [0.2, 0.25) is 0 Å². The smallest absolute Gasteiger partial charge is 0.177 e. The molecular weight excluding hydrogens is 264 g/mol. The maximum absolute atomic E-state index is 11.9. The molecule has 0 bridgehead atoms. The molecule has 1 heterocycles. The van der Waals surface area contributed by atoms with Crippen LogP contribution in [0.25, 0.3) is 0 Å². The standard InChI is InChI=1S/C13H22N2O3S/c1-8(2)12(16)13-10(14)5-11(19-13)15-6-9(18-4)7-17-3/h5,8-9,15H,6-7,14H2,1-4H3. The minimum absolute atomic E-state index is 0.0300. The molecular formula is C13H22N2O3S. The summed E-state index contributed by atoms with van der Waals surface area (Å²) in [5.41, 5.74) is 6.41. The third kappa shape index (κ3) is 4.49. The van der Waals surface area contributed by atoms with Crippen molar-refractivity contribution in [2.45, 2.75) is 20.0 Å². The highest BCUT2D eigenvalue weighted by Gasteiger charge is 2.17. The predicted octanol–water partition coefficient (Wildman–Crippen LogP) is 2.24. The largest absolute Gasteiger partial charge is 0.397 e. The van der Waals surface area contributed by atoms with Crippen molar-refractivity contribution in [3.63, 3.8) is 0 Å². The number of carbonyl (C=O) groups is 1. The molecule has 0 saturated carbocycles. The SMILES string of the molecule is COCC(CNc1cc(N)c(C(=O)C(C)C)s1)OC. The maximum Gasteiger partial charge on any atom is 0.177 e. The number of thiophene rings is 1. The Hall–Kier alpha value is -1.11. The van der Waals surface area contributed by atoms with Crippen molar-refractivity contribution in [2.24, 2.45) is 5.92 Å². The monoisotopic (exact) mass is 286 g/mol. The Morgan fingerprint density at radius 1 is 1.47 bits per heavy atom. The van der Waals surface area contributed by atoms with Crippen LogP contribution in [-0.2, 0) is 9.47 Å². The number of carbonyl (C=O) groups excluding carboxylic acids is 1. The Morgan fingerprint density at radius 2 is 2.16 bits per heavy atom. The summed E-state index contributed by atoms with van der Waals surface area (Å²) in [6.45, 7) is 4.87. The molecule has 1 aromatic rings. The summed E-state index contributed by atoms with van der Waals surface area (Å²) in [6.07, 6.45) is -0.0300. The number of ether oxygens (including phenoxy) is 2. The van der Waals surface area contributed by atoms with Gasteiger partial charge in [-0.25, -0.2) is 0 Å². The first-order valence-corrected chi connectivity index (χ1v) is 7.00. The van der Waals surface area contributed by atoms with E-state index in [4.69, 9.17) is 15.2 Å². The maximum atomic E-state index is 11.9. The van der Waals surface area contributed by atoms with Gasteiger partial charge in [0.1, 0.15) is 0 Å². The molecule has 0 fully saturated rings. The van der Waals surface area contributed by atoms with Gasteiger partial charge in [-0.15, -0.1) is 11.3 Å². The molecule has 108 valence electrons. The molecule has 1 rings (SSSR count). The molecule has 0 aliphatic rings. The lowest BCUT2D eigenvalue weighted by molar-refractivity contribution is 0.0366. The molecule has 0 aliphatic carbocycles. The van der Waals surface area contributed by atoms with Crippen molar-refractivity contribution in [1.29, 1.82) is 0 Å². The Morgan fingerprint density at radius 3 is 2.68 bits per heavy atom. The van der Waals surface area contributed by atoms with Gasteiger partial charge in [-0.3, -0.25) is 4.79 Å². The topological polar surface area (TPSA) is 73.6 Å². The molecule has 5 nitrogen and oxygen atoms in total. The summed E-state index contributed by atoms with van der Waals surface area (Å²) in [5, 5.41) is 4.09. The number of methoxy groups -OCH3 is 2. The van der Waals surface area contributed by atoms with Crippen molar-refractivity contribution in [1.82, 2.24) is 0 Å². The molecule has 0 spiro atoms. The minimum atomic E-state index is -0.0472. The zero-order valence-electron chi connectivity index (χ0n) is 11.9. The summed E-state index contributed by atoms with van der Waals surface area (Å²) >= 11 is 1.38. The lowest BCUT2D eigenvalue weighted by Gasteiger charge is -2.14. The van der Waals surface area contributed by atoms with Crippen LogP contribution in [-0.4, -0.2) is 39.3 Å². The van der Waals surface area contributed by atoms with Crippen molar-refractivity contribution in [2.75, 3.05) is 38.4 Å². The van der Waals surface area contributed by atoms with Gasteiger partial charge in [0, 0.05) is 26.7 Å².